The van der Waals surface area contributed by atoms with Crippen LogP contribution in [0.4, 0.5) is 0 Å². The van der Waals surface area contributed by atoms with Crippen LogP contribution < -0.4 is 24.8 Å². The lowest BCUT2D eigenvalue weighted by Crippen LogP contribution is -2.37. The molecule has 1 heterocycles. The summed E-state index contributed by atoms with van der Waals surface area (Å²) in [5.74, 6) is 3.29. The molecule has 0 atom stereocenters. The number of rotatable bonds is 6. The molecule has 0 fully saturated rings. The van der Waals surface area contributed by atoms with Crippen molar-refractivity contribution in [2.45, 2.75) is 13.0 Å². The monoisotopic (exact) mass is 483 g/mol. The van der Waals surface area contributed by atoms with Crippen LogP contribution in [0.2, 0.25) is 0 Å². The highest BCUT2D eigenvalue weighted by molar-refractivity contribution is 14.0. The van der Waals surface area contributed by atoms with Crippen LogP contribution in [0.1, 0.15) is 11.1 Å². The van der Waals surface area contributed by atoms with E-state index >= 15 is 0 Å². The molecule has 2 aromatic carbocycles. The summed E-state index contributed by atoms with van der Waals surface area (Å²) in [5, 5.41) is 6.65. The number of aliphatic imine (C=N–C) groups is 1. The van der Waals surface area contributed by atoms with E-state index in [-0.39, 0.29) is 24.0 Å². The Morgan fingerprint density at radius 2 is 1.70 bits per heavy atom. The summed E-state index contributed by atoms with van der Waals surface area (Å²) in [4.78, 5) is 4.26. The van der Waals surface area contributed by atoms with Gasteiger partial charge in [-0.1, -0.05) is 18.2 Å². The van der Waals surface area contributed by atoms with Gasteiger partial charge in [0, 0.05) is 20.1 Å². The minimum absolute atomic E-state index is 0. The van der Waals surface area contributed by atoms with Crippen molar-refractivity contribution in [3.05, 3.63) is 53.6 Å². The van der Waals surface area contributed by atoms with Crippen LogP contribution in [-0.4, -0.2) is 39.9 Å². The zero-order valence-corrected chi connectivity index (χ0v) is 18.0. The molecule has 2 aromatic rings. The maximum absolute atomic E-state index is 5.63. The standard InChI is InChI=1S/C20H25N3O3.HI/c1-21-20(23-14-16-3-6-17(24-2)7-4-16)22-10-9-15-5-8-18-19(13-15)26-12-11-25-18;/h3-8,13H,9-12,14H2,1-2H3,(H2,21,22,23);1H. The third kappa shape index (κ3) is 6.20. The second kappa shape index (κ2) is 10.9. The van der Waals surface area contributed by atoms with Crippen molar-refractivity contribution in [2.24, 2.45) is 4.99 Å². The molecule has 1 aliphatic rings. The van der Waals surface area contributed by atoms with Crippen molar-refractivity contribution in [1.29, 1.82) is 0 Å². The van der Waals surface area contributed by atoms with Crippen LogP contribution in [0.3, 0.4) is 0 Å². The highest BCUT2D eigenvalue weighted by Gasteiger charge is 2.11. The van der Waals surface area contributed by atoms with Gasteiger partial charge < -0.3 is 24.8 Å². The van der Waals surface area contributed by atoms with Crippen molar-refractivity contribution in [1.82, 2.24) is 10.6 Å². The van der Waals surface area contributed by atoms with Gasteiger partial charge in [0.1, 0.15) is 19.0 Å². The van der Waals surface area contributed by atoms with Crippen LogP contribution in [0.5, 0.6) is 17.2 Å². The molecule has 6 nitrogen and oxygen atoms in total. The van der Waals surface area contributed by atoms with E-state index in [9.17, 15) is 0 Å². The molecule has 0 unspecified atom stereocenters. The number of guanidine groups is 1. The fraction of sp³-hybridized carbons (Fsp3) is 0.350. The van der Waals surface area contributed by atoms with Gasteiger partial charge in [-0.25, -0.2) is 0 Å². The largest absolute Gasteiger partial charge is 0.497 e. The Hall–Kier alpha value is -2.16. The number of methoxy groups -OCH3 is 1. The van der Waals surface area contributed by atoms with Crippen LogP contribution >= 0.6 is 24.0 Å². The number of nitrogens with one attached hydrogen (secondary N) is 2. The molecule has 0 spiro atoms. The second-order valence-electron chi connectivity index (χ2n) is 5.93. The number of hydrogen-bond acceptors (Lipinski definition) is 4. The average Bonchev–Trinajstić information content (AvgIpc) is 2.70. The third-order valence-corrected chi connectivity index (χ3v) is 4.16. The van der Waals surface area contributed by atoms with E-state index < -0.39 is 0 Å². The zero-order valence-electron chi connectivity index (χ0n) is 15.7. The number of halogens is 1. The van der Waals surface area contributed by atoms with Crippen molar-refractivity contribution in [3.63, 3.8) is 0 Å². The van der Waals surface area contributed by atoms with E-state index in [1.165, 1.54) is 11.1 Å². The summed E-state index contributed by atoms with van der Waals surface area (Å²) >= 11 is 0. The first-order valence-electron chi connectivity index (χ1n) is 8.74. The maximum atomic E-state index is 5.63. The molecular weight excluding hydrogens is 457 g/mol. The number of ether oxygens (including phenoxy) is 3. The predicted octanol–water partition coefficient (Wildman–Crippen LogP) is 2.99. The van der Waals surface area contributed by atoms with E-state index in [1.807, 2.05) is 36.4 Å². The number of hydrogen-bond donors (Lipinski definition) is 2. The molecule has 0 aliphatic carbocycles. The predicted molar refractivity (Wildman–Crippen MR) is 118 cm³/mol. The minimum Gasteiger partial charge on any atom is -0.497 e. The van der Waals surface area contributed by atoms with Crippen molar-refractivity contribution < 1.29 is 14.2 Å². The number of nitrogens with zero attached hydrogens (tertiary/aromatic N) is 1. The summed E-state index contributed by atoms with van der Waals surface area (Å²) in [7, 11) is 3.44. The fourth-order valence-electron chi connectivity index (χ4n) is 2.72. The molecule has 0 radical (unpaired) electrons. The van der Waals surface area contributed by atoms with Gasteiger partial charge in [0.05, 0.1) is 7.11 Å². The van der Waals surface area contributed by atoms with E-state index in [4.69, 9.17) is 14.2 Å². The SMILES string of the molecule is CN=C(NCCc1ccc2c(c1)OCCO2)NCc1ccc(OC)cc1.I. The van der Waals surface area contributed by atoms with Crippen LogP contribution in [0, 0.1) is 0 Å². The van der Waals surface area contributed by atoms with Crippen LogP contribution in [0.15, 0.2) is 47.5 Å². The summed E-state index contributed by atoms with van der Waals surface area (Å²) in [5.41, 5.74) is 2.37. The molecule has 1 aliphatic heterocycles. The van der Waals surface area contributed by atoms with Crippen molar-refractivity contribution >= 4 is 29.9 Å². The van der Waals surface area contributed by atoms with Gasteiger partial charge in [-0.2, -0.15) is 0 Å². The fourth-order valence-corrected chi connectivity index (χ4v) is 2.72. The topological polar surface area (TPSA) is 64.1 Å². The Labute approximate surface area is 177 Å². The molecular formula is C20H26IN3O3. The van der Waals surface area contributed by atoms with Gasteiger partial charge >= 0.3 is 0 Å². The summed E-state index contributed by atoms with van der Waals surface area (Å²) < 4.78 is 16.3. The summed E-state index contributed by atoms with van der Waals surface area (Å²) in [6.45, 7) is 2.70. The molecule has 0 saturated carbocycles. The third-order valence-electron chi connectivity index (χ3n) is 4.16. The molecule has 0 saturated heterocycles. The highest BCUT2D eigenvalue weighted by Crippen LogP contribution is 2.30. The normalized spacial score (nSPS) is 12.7. The average molecular weight is 483 g/mol. The molecule has 2 N–H and O–H groups in total. The first-order valence-corrected chi connectivity index (χ1v) is 8.74. The smallest absolute Gasteiger partial charge is 0.191 e. The van der Waals surface area contributed by atoms with E-state index in [1.54, 1.807) is 14.2 Å². The first-order chi connectivity index (χ1) is 12.8. The van der Waals surface area contributed by atoms with Crippen LogP contribution in [-0.2, 0) is 13.0 Å². The molecule has 0 amide bonds. The molecule has 7 heteroatoms. The maximum Gasteiger partial charge on any atom is 0.191 e. The summed E-state index contributed by atoms with van der Waals surface area (Å²) in [6.07, 6.45) is 0.875. The lowest BCUT2D eigenvalue weighted by molar-refractivity contribution is 0.171. The first kappa shape index (κ1) is 21.1. The van der Waals surface area contributed by atoms with Crippen LogP contribution in [0.25, 0.3) is 0 Å². The molecule has 146 valence electrons. The second-order valence-corrected chi connectivity index (χ2v) is 5.93. The van der Waals surface area contributed by atoms with Gasteiger partial charge in [-0.05, 0) is 41.8 Å². The Morgan fingerprint density at radius 3 is 2.41 bits per heavy atom. The van der Waals surface area contributed by atoms with Crippen molar-refractivity contribution in [3.8, 4) is 17.2 Å². The molecule has 0 bridgehead atoms. The Balaban J connectivity index is 0.00000261. The van der Waals surface area contributed by atoms with Crippen molar-refractivity contribution in [2.75, 3.05) is 33.9 Å². The quantitative estimate of drug-likeness (QED) is 0.376. The highest BCUT2D eigenvalue weighted by atomic mass is 127. The number of benzene rings is 2. The van der Waals surface area contributed by atoms with Gasteiger partial charge in [0.15, 0.2) is 17.5 Å². The van der Waals surface area contributed by atoms with E-state index in [0.29, 0.717) is 19.8 Å². The van der Waals surface area contributed by atoms with Gasteiger partial charge in [0.2, 0.25) is 0 Å². The Kier molecular flexibility index (Phi) is 8.50. The molecule has 0 aromatic heterocycles. The Bertz CT molecular complexity index is 751. The van der Waals surface area contributed by atoms with E-state index in [2.05, 4.69) is 21.7 Å². The van der Waals surface area contributed by atoms with Gasteiger partial charge in [-0.3, -0.25) is 4.99 Å². The molecule has 3 rings (SSSR count). The van der Waals surface area contributed by atoms with E-state index in [0.717, 1.165) is 36.2 Å². The Morgan fingerprint density at radius 1 is 1.00 bits per heavy atom. The minimum atomic E-state index is 0. The van der Waals surface area contributed by atoms with Gasteiger partial charge in [-0.15, -0.1) is 24.0 Å². The lowest BCUT2D eigenvalue weighted by atomic mass is 10.1. The summed E-state index contributed by atoms with van der Waals surface area (Å²) in [6, 6.07) is 14.1. The van der Waals surface area contributed by atoms with Gasteiger partial charge in [0.25, 0.3) is 0 Å². The zero-order chi connectivity index (χ0) is 18.2. The lowest BCUT2D eigenvalue weighted by Gasteiger charge is -2.19. The molecule has 27 heavy (non-hydrogen) atoms. The number of fused-ring (bicyclic) bond motifs is 1.